The molecule has 1 atom stereocenters. The van der Waals surface area contributed by atoms with Crippen molar-refractivity contribution in [3.05, 3.63) is 12.8 Å². The van der Waals surface area contributed by atoms with Gasteiger partial charge in [-0.05, 0) is 6.42 Å². The third-order valence-corrected chi connectivity index (χ3v) is 7.02. The van der Waals surface area contributed by atoms with E-state index in [9.17, 15) is 14.7 Å². The number of esters is 1. The molecule has 0 amide bonds. The van der Waals surface area contributed by atoms with Gasteiger partial charge >= 0.3 is 20.7 Å². The first-order chi connectivity index (χ1) is 12.3. The lowest BCUT2D eigenvalue weighted by atomic mass is 10.1. The van der Waals surface area contributed by atoms with Gasteiger partial charge in [-0.1, -0.05) is 58.4 Å². The third-order valence-electron chi connectivity index (χ3n) is 3.92. The Morgan fingerprint density at radius 1 is 1.00 bits per heavy atom. The zero-order chi connectivity index (χ0) is 20.4. The topological polar surface area (TPSA) is 91.3 Å². The van der Waals surface area contributed by atoms with Crippen molar-refractivity contribution < 1.29 is 32.7 Å². The second kappa shape index (κ2) is 17.2. The highest BCUT2D eigenvalue weighted by Crippen LogP contribution is 2.30. The van der Waals surface area contributed by atoms with E-state index in [2.05, 4.69) is 18.2 Å². The van der Waals surface area contributed by atoms with Crippen molar-refractivity contribution in [1.29, 1.82) is 0 Å². The number of hydrogen-bond donors (Lipinski definition) is 1. The van der Waals surface area contributed by atoms with Crippen LogP contribution in [0.4, 0.5) is 0 Å². The minimum atomic E-state index is -3.09. The predicted octanol–water partition coefficient (Wildman–Crippen LogP) is 4.15. The molecule has 0 aromatic rings. The highest BCUT2D eigenvalue weighted by molar-refractivity contribution is 6.66. The lowest BCUT2D eigenvalue weighted by molar-refractivity contribution is -0.139. The first-order valence-corrected chi connectivity index (χ1v) is 10.8. The standard InChI is InChI=1S/C14H30O5Si.C4H6O2/c1-5-6-7-8-9-10-11-12-13(14(15)16)20(17-2,18-3)19-4;1-3-6-4(2)5/h13H,5-12H2,1-4H3,(H,15,16);3H,1H2,2H3. The van der Waals surface area contributed by atoms with Crippen molar-refractivity contribution in [2.45, 2.75) is 70.8 Å². The largest absolute Gasteiger partial charge is 0.514 e. The predicted molar refractivity (Wildman–Crippen MR) is 103 cm³/mol. The molecule has 154 valence electrons. The summed E-state index contributed by atoms with van der Waals surface area (Å²) in [4.78, 5) is 21.2. The summed E-state index contributed by atoms with van der Waals surface area (Å²) in [7, 11) is 1.28. The molecule has 0 aromatic heterocycles. The summed E-state index contributed by atoms with van der Waals surface area (Å²) in [6, 6.07) is 0. The number of hydrogen-bond acceptors (Lipinski definition) is 6. The number of carbonyl (C=O) groups excluding carboxylic acids is 1. The molecule has 1 unspecified atom stereocenters. The fourth-order valence-corrected chi connectivity index (χ4v) is 4.76. The number of aliphatic carboxylic acids is 1. The van der Waals surface area contributed by atoms with E-state index in [-0.39, 0.29) is 5.97 Å². The number of carboxylic acids is 1. The molecule has 0 aromatic carbocycles. The van der Waals surface area contributed by atoms with Crippen LogP contribution in [0.3, 0.4) is 0 Å². The molecule has 0 aliphatic carbocycles. The first kappa shape index (κ1) is 27.0. The molecule has 0 bridgehead atoms. The summed E-state index contributed by atoms with van der Waals surface area (Å²) in [5, 5.41) is 9.37. The fraction of sp³-hybridized carbons (Fsp3) is 0.778. The molecule has 26 heavy (non-hydrogen) atoms. The Kier molecular flexibility index (Phi) is 17.9. The van der Waals surface area contributed by atoms with Gasteiger partial charge in [0, 0.05) is 28.3 Å². The molecule has 7 nitrogen and oxygen atoms in total. The monoisotopic (exact) mass is 392 g/mol. The Balaban J connectivity index is 0. The fourth-order valence-electron chi connectivity index (χ4n) is 2.55. The van der Waals surface area contributed by atoms with Crippen molar-refractivity contribution in [3.8, 4) is 0 Å². The average Bonchev–Trinajstić information content (AvgIpc) is 2.61. The Labute approximate surface area is 159 Å². The maximum atomic E-state index is 11.4. The summed E-state index contributed by atoms with van der Waals surface area (Å²) < 4.78 is 20.0. The smallest absolute Gasteiger partial charge is 0.481 e. The van der Waals surface area contributed by atoms with Gasteiger partial charge < -0.3 is 23.1 Å². The summed E-state index contributed by atoms with van der Waals surface area (Å²) in [6.07, 6.45) is 9.75. The Morgan fingerprint density at radius 2 is 1.46 bits per heavy atom. The van der Waals surface area contributed by atoms with E-state index in [1.54, 1.807) is 0 Å². The van der Waals surface area contributed by atoms with Crippen LogP contribution in [0.15, 0.2) is 12.8 Å². The number of carbonyl (C=O) groups is 2. The second-order valence-electron chi connectivity index (χ2n) is 5.79. The zero-order valence-corrected chi connectivity index (χ0v) is 17.9. The van der Waals surface area contributed by atoms with E-state index in [0.717, 1.165) is 25.5 Å². The minimum Gasteiger partial charge on any atom is -0.481 e. The highest BCUT2D eigenvalue weighted by atomic mass is 28.4. The normalized spacial score (nSPS) is 11.9. The van der Waals surface area contributed by atoms with Crippen LogP contribution >= 0.6 is 0 Å². The Morgan fingerprint density at radius 3 is 1.77 bits per heavy atom. The quantitative estimate of drug-likeness (QED) is 0.205. The van der Waals surface area contributed by atoms with Crippen LogP contribution in [0.25, 0.3) is 0 Å². The van der Waals surface area contributed by atoms with Crippen LogP contribution in [-0.2, 0) is 27.6 Å². The second-order valence-corrected chi connectivity index (χ2v) is 8.92. The molecule has 0 fully saturated rings. The molecule has 0 heterocycles. The van der Waals surface area contributed by atoms with Gasteiger partial charge in [-0.25, -0.2) is 0 Å². The van der Waals surface area contributed by atoms with Crippen LogP contribution in [0, 0.1) is 0 Å². The zero-order valence-electron chi connectivity index (χ0n) is 16.9. The number of unbranched alkanes of at least 4 members (excludes halogenated alkanes) is 6. The van der Waals surface area contributed by atoms with Gasteiger partial charge in [-0.2, -0.15) is 0 Å². The van der Waals surface area contributed by atoms with Crippen molar-refractivity contribution in [2.75, 3.05) is 21.3 Å². The van der Waals surface area contributed by atoms with E-state index in [1.807, 2.05) is 0 Å². The van der Waals surface area contributed by atoms with Crippen molar-refractivity contribution in [3.63, 3.8) is 0 Å². The van der Waals surface area contributed by atoms with Gasteiger partial charge in [0.1, 0.15) is 5.54 Å². The van der Waals surface area contributed by atoms with Crippen molar-refractivity contribution in [1.82, 2.24) is 0 Å². The van der Waals surface area contributed by atoms with Crippen molar-refractivity contribution >= 4 is 20.7 Å². The molecule has 0 aliphatic heterocycles. The molecule has 0 aliphatic rings. The van der Waals surface area contributed by atoms with E-state index >= 15 is 0 Å². The summed E-state index contributed by atoms with van der Waals surface area (Å²) in [5.41, 5.74) is -0.682. The van der Waals surface area contributed by atoms with Crippen LogP contribution in [0.1, 0.15) is 65.2 Å². The maximum Gasteiger partial charge on any atom is 0.514 e. The van der Waals surface area contributed by atoms with E-state index in [0.29, 0.717) is 6.42 Å². The third kappa shape index (κ3) is 12.2. The van der Waals surface area contributed by atoms with Gasteiger partial charge in [-0.3, -0.25) is 9.59 Å². The van der Waals surface area contributed by atoms with Crippen LogP contribution < -0.4 is 0 Å². The summed E-state index contributed by atoms with van der Waals surface area (Å²) in [5.74, 6) is -1.22. The molecule has 1 N–H and O–H groups in total. The van der Waals surface area contributed by atoms with E-state index in [4.69, 9.17) is 13.3 Å². The molecule has 8 heteroatoms. The maximum absolute atomic E-state index is 11.4. The van der Waals surface area contributed by atoms with Crippen LogP contribution in [0.5, 0.6) is 0 Å². The van der Waals surface area contributed by atoms with Gasteiger partial charge in [0.2, 0.25) is 0 Å². The molecule has 0 radical (unpaired) electrons. The lowest BCUT2D eigenvalue weighted by Gasteiger charge is -2.29. The molecule has 0 saturated heterocycles. The lowest BCUT2D eigenvalue weighted by Crippen LogP contribution is -2.50. The summed E-state index contributed by atoms with van der Waals surface area (Å²) in [6.45, 7) is 6.68. The Hall–Kier alpha value is -1.22. The van der Waals surface area contributed by atoms with Gasteiger partial charge in [-0.15, -0.1) is 0 Å². The van der Waals surface area contributed by atoms with E-state index < -0.39 is 20.3 Å². The van der Waals surface area contributed by atoms with Crippen LogP contribution in [0.2, 0.25) is 5.54 Å². The highest BCUT2D eigenvalue weighted by Gasteiger charge is 2.51. The molecule has 0 spiro atoms. The average molecular weight is 393 g/mol. The molecular formula is C18H36O7Si. The van der Waals surface area contributed by atoms with E-state index in [1.165, 1.54) is 53.9 Å². The minimum absolute atomic E-state index is 0.329. The van der Waals surface area contributed by atoms with Gasteiger partial charge in [0.05, 0.1) is 6.26 Å². The van der Waals surface area contributed by atoms with Gasteiger partial charge in [0.15, 0.2) is 0 Å². The molecular weight excluding hydrogens is 356 g/mol. The number of ether oxygens (including phenoxy) is 1. The molecule has 0 saturated carbocycles. The van der Waals surface area contributed by atoms with Crippen molar-refractivity contribution in [2.24, 2.45) is 0 Å². The van der Waals surface area contributed by atoms with Gasteiger partial charge in [0.25, 0.3) is 0 Å². The summed E-state index contributed by atoms with van der Waals surface area (Å²) >= 11 is 0. The first-order valence-electron chi connectivity index (χ1n) is 9.01. The molecule has 0 rings (SSSR count). The number of carboxylic acid groups (broad SMARTS) is 1. The SMILES string of the molecule is C=COC(C)=O.CCCCCCCCCC(C(=O)O)[Si](OC)(OC)OC. The van der Waals surface area contributed by atoms with Crippen LogP contribution in [-0.4, -0.2) is 47.2 Å². The Bertz CT molecular complexity index is 375. The number of rotatable bonds is 14.